The standard InChI is InChI=1S/C17H23NO3/c1-4-10-18(11-5-2)17(21)15-12-14(7-6-13(15)3)8-9-16(19)20/h6-9,12H,4-5,10-11H2,1-3H3,(H,19,20). The van der Waals surface area contributed by atoms with E-state index in [0.29, 0.717) is 5.56 Å². The van der Waals surface area contributed by atoms with Gasteiger partial charge in [0.2, 0.25) is 0 Å². The Morgan fingerprint density at radius 2 is 1.81 bits per heavy atom. The number of carboxylic acids is 1. The lowest BCUT2D eigenvalue weighted by Gasteiger charge is -2.22. The SMILES string of the molecule is CCCN(CCC)C(=O)c1cc(C=CC(=O)O)ccc1C. The molecule has 1 N–H and O–H groups in total. The molecule has 0 saturated heterocycles. The first-order valence-electron chi connectivity index (χ1n) is 7.30. The van der Waals surface area contributed by atoms with Crippen LogP contribution in [0.25, 0.3) is 6.08 Å². The van der Waals surface area contributed by atoms with Crippen molar-refractivity contribution in [1.82, 2.24) is 4.90 Å². The lowest BCUT2D eigenvalue weighted by atomic mass is 10.0. The molecule has 0 atom stereocenters. The van der Waals surface area contributed by atoms with Crippen LogP contribution in [-0.4, -0.2) is 35.0 Å². The largest absolute Gasteiger partial charge is 0.478 e. The topological polar surface area (TPSA) is 57.6 Å². The lowest BCUT2D eigenvalue weighted by Crippen LogP contribution is -2.33. The molecule has 0 fully saturated rings. The highest BCUT2D eigenvalue weighted by Gasteiger charge is 2.16. The van der Waals surface area contributed by atoms with Crippen LogP contribution in [0.2, 0.25) is 0 Å². The number of carbonyl (C=O) groups excluding carboxylic acids is 1. The van der Waals surface area contributed by atoms with Crippen LogP contribution in [0.1, 0.15) is 48.2 Å². The second kappa shape index (κ2) is 8.25. The van der Waals surface area contributed by atoms with Crippen molar-refractivity contribution >= 4 is 18.0 Å². The van der Waals surface area contributed by atoms with Crippen LogP contribution in [0.5, 0.6) is 0 Å². The van der Waals surface area contributed by atoms with E-state index in [1.165, 1.54) is 6.08 Å². The molecule has 4 heteroatoms. The Kier molecular flexibility index (Phi) is 6.66. The summed E-state index contributed by atoms with van der Waals surface area (Å²) < 4.78 is 0. The number of carboxylic acid groups (broad SMARTS) is 1. The highest BCUT2D eigenvalue weighted by atomic mass is 16.4. The van der Waals surface area contributed by atoms with Gasteiger partial charge in [-0.05, 0) is 43.0 Å². The van der Waals surface area contributed by atoms with Crippen molar-refractivity contribution in [2.45, 2.75) is 33.6 Å². The first-order valence-corrected chi connectivity index (χ1v) is 7.30. The molecule has 1 aromatic rings. The number of aliphatic carboxylic acids is 1. The Balaban J connectivity index is 3.06. The summed E-state index contributed by atoms with van der Waals surface area (Å²) in [5, 5.41) is 8.67. The highest BCUT2D eigenvalue weighted by Crippen LogP contribution is 2.15. The predicted molar refractivity (Wildman–Crippen MR) is 84.3 cm³/mol. The van der Waals surface area contributed by atoms with Crippen molar-refractivity contribution in [3.05, 3.63) is 41.0 Å². The molecule has 0 unspecified atom stereocenters. The number of carbonyl (C=O) groups is 2. The molecule has 4 nitrogen and oxygen atoms in total. The van der Waals surface area contributed by atoms with Crippen molar-refractivity contribution in [2.24, 2.45) is 0 Å². The van der Waals surface area contributed by atoms with Gasteiger partial charge < -0.3 is 10.0 Å². The lowest BCUT2D eigenvalue weighted by molar-refractivity contribution is -0.131. The van der Waals surface area contributed by atoms with E-state index in [-0.39, 0.29) is 5.91 Å². The first kappa shape index (κ1) is 17.0. The maximum atomic E-state index is 12.6. The fourth-order valence-corrected chi connectivity index (χ4v) is 2.17. The van der Waals surface area contributed by atoms with Crippen LogP contribution in [-0.2, 0) is 4.79 Å². The molecule has 0 aliphatic rings. The molecular weight excluding hydrogens is 266 g/mol. The number of hydrogen-bond acceptors (Lipinski definition) is 2. The first-order chi connectivity index (χ1) is 9.99. The van der Waals surface area contributed by atoms with Crippen molar-refractivity contribution in [3.63, 3.8) is 0 Å². The molecule has 1 rings (SSSR count). The fraction of sp³-hybridized carbons (Fsp3) is 0.412. The Labute approximate surface area is 126 Å². The maximum absolute atomic E-state index is 12.6. The van der Waals surface area contributed by atoms with E-state index in [1.54, 1.807) is 6.07 Å². The summed E-state index contributed by atoms with van der Waals surface area (Å²) in [7, 11) is 0. The molecule has 0 aliphatic heterocycles. The number of hydrogen-bond donors (Lipinski definition) is 1. The van der Waals surface area contributed by atoms with E-state index in [9.17, 15) is 9.59 Å². The Morgan fingerprint density at radius 3 is 2.33 bits per heavy atom. The van der Waals surface area contributed by atoms with Crippen LogP contribution in [0, 0.1) is 6.92 Å². The van der Waals surface area contributed by atoms with Gasteiger partial charge >= 0.3 is 5.97 Å². The minimum absolute atomic E-state index is 0.0155. The summed E-state index contributed by atoms with van der Waals surface area (Å²) in [4.78, 5) is 25.1. The summed E-state index contributed by atoms with van der Waals surface area (Å²) in [6, 6.07) is 5.43. The quantitative estimate of drug-likeness (QED) is 0.783. The molecule has 0 radical (unpaired) electrons. The average Bonchev–Trinajstić information content (AvgIpc) is 2.45. The zero-order valence-corrected chi connectivity index (χ0v) is 12.9. The van der Waals surface area contributed by atoms with Crippen molar-refractivity contribution in [2.75, 3.05) is 13.1 Å². The highest BCUT2D eigenvalue weighted by molar-refractivity contribution is 5.96. The Bertz CT molecular complexity index is 529. The normalized spacial score (nSPS) is 10.8. The summed E-state index contributed by atoms with van der Waals surface area (Å²) in [5.41, 5.74) is 2.27. The number of benzene rings is 1. The molecule has 0 saturated carbocycles. The minimum Gasteiger partial charge on any atom is -0.478 e. The fourth-order valence-electron chi connectivity index (χ4n) is 2.17. The number of aryl methyl sites for hydroxylation is 1. The van der Waals surface area contributed by atoms with Gasteiger partial charge in [0.25, 0.3) is 5.91 Å². The monoisotopic (exact) mass is 289 g/mol. The smallest absolute Gasteiger partial charge is 0.328 e. The van der Waals surface area contributed by atoms with Gasteiger partial charge in [0.1, 0.15) is 0 Å². The second-order valence-electron chi connectivity index (χ2n) is 5.04. The van der Waals surface area contributed by atoms with Gasteiger partial charge in [-0.25, -0.2) is 4.79 Å². The van der Waals surface area contributed by atoms with E-state index >= 15 is 0 Å². The van der Waals surface area contributed by atoms with Gasteiger partial charge in [-0.3, -0.25) is 4.79 Å². The van der Waals surface area contributed by atoms with Gasteiger partial charge in [0, 0.05) is 24.7 Å². The Morgan fingerprint density at radius 1 is 1.19 bits per heavy atom. The molecule has 1 aromatic carbocycles. The third kappa shape index (κ3) is 5.06. The van der Waals surface area contributed by atoms with Crippen LogP contribution in [0.15, 0.2) is 24.3 Å². The van der Waals surface area contributed by atoms with E-state index in [2.05, 4.69) is 13.8 Å². The van der Waals surface area contributed by atoms with Crippen LogP contribution < -0.4 is 0 Å². The molecule has 114 valence electrons. The zero-order valence-electron chi connectivity index (χ0n) is 12.9. The predicted octanol–water partition coefficient (Wildman–Crippen LogP) is 3.36. The van der Waals surface area contributed by atoms with E-state index in [0.717, 1.165) is 43.1 Å². The van der Waals surface area contributed by atoms with Gasteiger partial charge in [-0.1, -0.05) is 26.0 Å². The van der Waals surface area contributed by atoms with Crippen molar-refractivity contribution in [1.29, 1.82) is 0 Å². The Hall–Kier alpha value is -2.10. The third-order valence-corrected chi connectivity index (χ3v) is 3.18. The molecule has 0 heterocycles. The molecule has 0 aliphatic carbocycles. The van der Waals surface area contributed by atoms with Crippen molar-refractivity contribution < 1.29 is 14.7 Å². The molecule has 21 heavy (non-hydrogen) atoms. The molecule has 0 aromatic heterocycles. The van der Waals surface area contributed by atoms with Gasteiger partial charge in [0.15, 0.2) is 0 Å². The van der Waals surface area contributed by atoms with Crippen LogP contribution >= 0.6 is 0 Å². The van der Waals surface area contributed by atoms with Gasteiger partial charge in [0.05, 0.1) is 0 Å². The number of nitrogens with zero attached hydrogens (tertiary/aromatic N) is 1. The number of rotatable bonds is 7. The molecule has 1 amide bonds. The van der Waals surface area contributed by atoms with Crippen LogP contribution in [0.3, 0.4) is 0 Å². The van der Waals surface area contributed by atoms with E-state index < -0.39 is 5.97 Å². The number of amides is 1. The van der Waals surface area contributed by atoms with Crippen molar-refractivity contribution in [3.8, 4) is 0 Å². The third-order valence-electron chi connectivity index (χ3n) is 3.18. The molecule has 0 spiro atoms. The summed E-state index contributed by atoms with van der Waals surface area (Å²) in [6.45, 7) is 7.47. The maximum Gasteiger partial charge on any atom is 0.328 e. The average molecular weight is 289 g/mol. The summed E-state index contributed by atoms with van der Waals surface area (Å²) >= 11 is 0. The molecule has 0 bridgehead atoms. The zero-order chi connectivity index (χ0) is 15.8. The van der Waals surface area contributed by atoms with Gasteiger partial charge in [-0.2, -0.15) is 0 Å². The van der Waals surface area contributed by atoms with Crippen LogP contribution in [0.4, 0.5) is 0 Å². The summed E-state index contributed by atoms with van der Waals surface area (Å²) in [5.74, 6) is -0.983. The minimum atomic E-state index is -0.998. The second-order valence-corrected chi connectivity index (χ2v) is 5.04. The van der Waals surface area contributed by atoms with Gasteiger partial charge in [-0.15, -0.1) is 0 Å². The van der Waals surface area contributed by atoms with E-state index in [4.69, 9.17) is 5.11 Å². The van der Waals surface area contributed by atoms with E-state index in [1.807, 2.05) is 24.0 Å². The summed E-state index contributed by atoms with van der Waals surface area (Å²) in [6.07, 6.45) is 4.42. The molecular formula is C17H23NO3.